The average molecular weight is 342 g/mol. The van der Waals surface area contributed by atoms with Gasteiger partial charge in [-0.05, 0) is 24.8 Å². The molecule has 1 aliphatic carbocycles. The molecule has 5 nitrogen and oxygen atoms in total. The molecular formula is C20H26N2O3. The van der Waals surface area contributed by atoms with Crippen LogP contribution in [0.3, 0.4) is 0 Å². The van der Waals surface area contributed by atoms with E-state index in [9.17, 15) is 9.59 Å². The fraction of sp³-hybridized carbons (Fsp3) is 0.500. The molecule has 3 rings (SSSR count). The third-order valence-electron chi connectivity index (χ3n) is 5.13. The fourth-order valence-corrected chi connectivity index (χ4v) is 3.63. The van der Waals surface area contributed by atoms with Crippen LogP contribution in [-0.2, 0) is 9.53 Å². The zero-order chi connectivity index (χ0) is 17.8. The summed E-state index contributed by atoms with van der Waals surface area (Å²) in [6.07, 6.45) is 5.14. The van der Waals surface area contributed by atoms with Crippen molar-refractivity contribution in [1.82, 2.24) is 10.2 Å². The van der Waals surface area contributed by atoms with E-state index >= 15 is 0 Å². The van der Waals surface area contributed by atoms with Gasteiger partial charge < -0.3 is 10.1 Å². The van der Waals surface area contributed by atoms with Gasteiger partial charge in [-0.1, -0.05) is 44.5 Å². The van der Waals surface area contributed by atoms with Gasteiger partial charge in [-0.15, -0.1) is 0 Å². The Bertz CT molecular complexity index is 636. The van der Waals surface area contributed by atoms with Crippen molar-refractivity contribution < 1.29 is 14.3 Å². The standard InChI is InChI=1S/C20H26N2O3/c1-14-7-3-6-10-18(14)25-12-11-21-19(23)13-22-15(2)16-8-4-5-9-17(16)20(22)24/h4-5,8-9,14,18H,2-3,6-7,10-13H2,1H3,(H,21,23). The number of ether oxygens (including phenoxy) is 1. The van der Waals surface area contributed by atoms with Crippen LogP contribution in [-0.4, -0.2) is 42.5 Å². The van der Waals surface area contributed by atoms with Gasteiger partial charge in [-0.25, -0.2) is 0 Å². The zero-order valence-electron chi connectivity index (χ0n) is 14.8. The van der Waals surface area contributed by atoms with E-state index in [1.54, 1.807) is 6.07 Å². The maximum absolute atomic E-state index is 12.4. The highest BCUT2D eigenvalue weighted by Crippen LogP contribution is 2.30. The summed E-state index contributed by atoms with van der Waals surface area (Å²) in [5.74, 6) is 0.235. The molecule has 0 bridgehead atoms. The van der Waals surface area contributed by atoms with Gasteiger partial charge in [-0.2, -0.15) is 0 Å². The maximum Gasteiger partial charge on any atom is 0.259 e. The van der Waals surface area contributed by atoms with E-state index in [2.05, 4.69) is 18.8 Å². The molecule has 5 heteroatoms. The molecule has 2 amide bonds. The van der Waals surface area contributed by atoms with Crippen LogP contribution < -0.4 is 5.32 Å². The molecule has 0 radical (unpaired) electrons. The van der Waals surface area contributed by atoms with Gasteiger partial charge in [-0.3, -0.25) is 14.5 Å². The van der Waals surface area contributed by atoms with Crippen molar-refractivity contribution in [2.75, 3.05) is 19.7 Å². The lowest BCUT2D eigenvalue weighted by Crippen LogP contribution is -2.38. The van der Waals surface area contributed by atoms with E-state index in [1.807, 2.05) is 18.2 Å². The second-order valence-corrected chi connectivity index (χ2v) is 6.90. The van der Waals surface area contributed by atoms with E-state index in [4.69, 9.17) is 4.74 Å². The average Bonchev–Trinajstić information content (AvgIpc) is 2.85. The highest BCUT2D eigenvalue weighted by Gasteiger charge is 2.31. The van der Waals surface area contributed by atoms with E-state index in [1.165, 1.54) is 24.2 Å². The molecule has 134 valence electrons. The molecule has 1 aromatic carbocycles. The van der Waals surface area contributed by atoms with Gasteiger partial charge >= 0.3 is 0 Å². The lowest BCUT2D eigenvalue weighted by Gasteiger charge is -2.28. The summed E-state index contributed by atoms with van der Waals surface area (Å²) in [6.45, 7) is 7.14. The number of carbonyl (C=O) groups excluding carboxylic acids is 2. The Morgan fingerprint density at radius 2 is 2.00 bits per heavy atom. The van der Waals surface area contributed by atoms with Gasteiger partial charge in [0.05, 0.1) is 12.7 Å². The number of benzene rings is 1. The van der Waals surface area contributed by atoms with Crippen molar-refractivity contribution in [2.45, 2.75) is 38.7 Å². The van der Waals surface area contributed by atoms with Crippen molar-refractivity contribution in [3.05, 3.63) is 42.0 Å². The van der Waals surface area contributed by atoms with Gasteiger partial charge in [0, 0.05) is 23.4 Å². The van der Waals surface area contributed by atoms with Crippen molar-refractivity contribution in [1.29, 1.82) is 0 Å². The highest BCUT2D eigenvalue weighted by atomic mass is 16.5. The molecule has 2 aliphatic rings. The molecule has 0 spiro atoms. The van der Waals surface area contributed by atoms with E-state index < -0.39 is 0 Å². The number of amides is 2. The first kappa shape index (κ1) is 17.7. The molecule has 25 heavy (non-hydrogen) atoms. The van der Waals surface area contributed by atoms with Crippen molar-refractivity contribution in [3.63, 3.8) is 0 Å². The maximum atomic E-state index is 12.4. The predicted molar refractivity (Wildman–Crippen MR) is 96.9 cm³/mol. The number of nitrogens with one attached hydrogen (secondary N) is 1. The largest absolute Gasteiger partial charge is 0.376 e. The van der Waals surface area contributed by atoms with Crippen LogP contribution >= 0.6 is 0 Å². The number of hydrogen-bond donors (Lipinski definition) is 1. The SMILES string of the molecule is C=C1c2ccccc2C(=O)N1CC(=O)NCCOC1CCCCC1C. The minimum Gasteiger partial charge on any atom is -0.376 e. The molecule has 1 heterocycles. The molecule has 1 aliphatic heterocycles. The molecule has 2 atom stereocenters. The molecule has 1 saturated carbocycles. The summed E-state index contributed by atoms with van der Waals surface area (Å²) in [6, 6.07) is 7.30. The van der Waals surface area contributed by atoms with Crippen LogP contribution in [0.25, 0.3) is 5.70 Å². The zero-order valence-corrected chi connectivity index (χ0v) is 14.8. The Morgan fingerprint density at radius 3 is 2.72 bits per heavy atom. The summed E-state index contributed by atoms with van der Waals surface area (Å²) in [7, 11) is 0. The number of carbonyl (C=O) groups is 2. The first-order valence-corrected chi connectivity index (χ1v) is 9.06. The van der Waals surface area contributed by atoms with Crippen molar-refractivity contribution >= 4 is 17.5 Å². The molecular weight excluding hydrogens is 316 g/mol. The molecule has 2 unspecified atom stereocenters. The topological polar surface area (TPSA) is 58.6 Å². The predicted octanol–water partition coefficient (Wildman–Crippen LogP) is 2.82. The second-order valence-electron chi connectivity index (χ2n) is 6.90. The molecule has 1 aromatic rings. The van der Waals surface area contributed by atoms with Crippen LogP contribution in [0.2, 0.25) is 0 Å². The summed E-state index contributed by atoms with van der Waals surface area (Å²) >= 11 is 0. The molecule has 1 N–H and O–H groups in total. The molecule has 0 saturated heterocycles. The number of fused-ring (bicyclic) bond motifs is 1. The highest BCUT2D eigenvalue weighted by molar-refractivity contribution is 6.10. The summed E-state index contributed by atoms with van der Waals surface area (Å²) in [5.41, 5.74) is 1.99. The fourth-order valence-electron chi connectivity index (χ4n) is 3.63. The second kappa shape index (κ2) is 7.83. The monoisotopic (exact) mass is 342 g/mol. The van der Waals surface area contributed by atoms with Gasteiger partial charge in [0.25, 0.3) is 5.91 Å². The molecule has 1 fully saturated rings. The number of rotatable bonds is 6. The Morgan fingerprint density at radius 1 is 1.28 bits per heavy atom. The Balaban J connectivity index is 1.43. The molecule has 0 aromatic heterocycles. The van der Waals surface area contributed by atoms with Gasteiger partial charge in [0.2, 0.25) is 5.91 Å². The smallest absolute Gasteiger partial charge is 0.259 e. The van der Waals surface area contributed by atoms with Crippen LogP contribution in [0.4, 0.5) is 0 Å². The van der Waals surface area contributed by atoms with E-state index in [-0.39, 0.29) is 18.4 Å². The van der Waals surface area contributed by atoms with Crippen molar-refractivity contribution in [3.8, 4) is 0 Å². The van der Waals surface area contributed by atoms with E-state index in [0.717, 1.165) is 12.0 Å². The Labute approximate surface area is 149 Å². The van der Waals surface area contributed by atoms with Gasteiger partial charge in [0.15, 0.2) is 0 Å². The normalized spacial score (nSPS) is 22.8. The van der Waals surface area contributed by atoms with Crippen molar-refractivity contribution in [2.24, 2.45) is 5.92 Å². The minimum atomic E-state index is -0.192. The summed E-state index contributed by atoms with van der Waals surface area (Å²) in [4.78, 5) is 26.0. The Hall–Kier alpha value is -2.14. The first-order valence-electron chi connectivity index (χ1n) is 9.06. The quantitative estimate of drug-likeness (QED) is 0.809. The third kappa shape index (κ3) is 3.93. The summed E-state index contributed by atoms with van der Waals surface area (Å²) < 4.78 is 5.90. The van der Waals surface area contributed by atoms with Crippen LogP contribution in [0, 0.1) is 5.92 Å². The summed E-state index contributed by atoms with van der Waals surface area (Å²) in [5, 5.41) is 2.83. The third-order valence-corrected chi connectivity index (χ3v) is 5.13. The Kier molecular flexibility index (Phi) is 5.53. The van der Waals surface area contributed by atoms with Crippen LogP contribution in [0.15, 0.2) is 30.8 Å². The number of nitrogens with zero attached hydrogens (tertiary/aromatic N) is 1. The minimum absolute atomic E-state index is 0.00776. The lowest BCUT2D eigenvalue weighted by atomic mass is 9.88. The van der Waals surface area contributed by atoms with Crippen LogP contribution in [0.1, 0.15) is 48.5 Å². The van der Waals surface area contributed by atoms with Crippen LogP contribution in [0.5, 0.6) is 0 Å². The first-order chi connectivity index (χ1) is 12.1. The van der Waals surface area contributed by atoms with Gasteiger partial charge in [0.1, 0.15) is 6.54 Å². The van der Waals surface area contributed by atoms with E-state index in [0.29, 0.717) is 36.4 Å². The lowest BCUT2D eigenvalue weighted by molar-refractivity contribution is -0.121. The number of hydrogen-bond acceptors (Lipinski definition) is 3.